The summed E-state index contributed by atoms with van der Waals surface area (Å²) in [6, 6.07) is 9.78. The van der Waals surface area contributed by atoms with Crippen LogP contribution < -0.4 is 5.32 Å². The molecule has 0 fully saturated rings. The predicted octanol–water partition coefficient (Wildman–Crippen LogP) is 5.96. The minimum Gasteiger partial charge on any atom is -0.378 e. The largest absolute Gasteiger partial charge is 0.378 e. The lowest BCUT2D eigenvalue weighted by atomic mass is 10.1. The number of nitrogens with one attached hydrogen (secondary N) is 1. The summed E-state index contributed by atoms with van der Waals surface area (Å²) >= 11 is 17.6. The number of hydrogen-bond acceptors (Lipinski definition) is 1. The van der Waals surface area contributed by atoms with E-state index in [-0.39, 0.29) is 11.1 Å². The number of rotatable bonds is 3. The molecule has 0 heterocycles. The zero-order valence-electron chi connectivity index (χ0n) is 10.1. The Morgan fingerprint density at radius 1 is 1.00 bits per heavy atom. The van der Waals surface area contributed by atoms with Crippen molar-refractivity contribution in [3.05, 3.63) is 62.8 Å². The second-order valence-corrected chi connectivity index (χ2v) is 5.41. The lowest BCUT2D eigenvalue weighted by molar-refractivity contribution is 0.628. The highest BCUT2D eigenvalue weighted by Crippen LogP contribution is 2.29. The summed E-state index contributed by atoms with van der Waals surface area (Å²) in [5.41, 5.74) is 1.53. The van der Waals surface area contributed by atoms with Crippen LogP contribution in [-0.4, -0.2) is 0 Å². The Bertz CT molecular complexity index is 601. The van der Waals surface area contributed by atoms with Crippen molar-refractivity contribution in [3.8, 4) is 0 Å². The molecule has 1 N–H and O–H groups in total. The molecule has 0 radical (unpaired) electrons. The van der Waals surface area contributed by atoms with E-state index < -0.39 is 5.82 Å². The van der Waals surface area contributed by atoms with Gasteiger partial charge in [0.25, 0.3) is 0 Å². The number of anilines is 1. The van der Waals surface area contributed by atoms with Gasteiger partial charge in [0.05, 0.1) is 5.02 Å². The first-order chi connectivity index (χ1) is 8.97. The molecule has 0 saturated carbocycles. The highest BCUT2D eigenvalue weighted by Gasteiger charge is 2.11. The van der Waals surface area contributed by atoms with E-state index in [1.165, 1.54) is 12.1 Å². The lowest BCUT2D eigenvalue weighted by Gasteiger charge is -2.17. The van der Waals surface area contributed by atoms with Crippen molar-refractivity contribution in [2.75, 3.05) is 5.32 Å². The fourth-order valence-corrected chi connectivity index (χ4v) is 2.46. The van der Waals surface area contributed by atoms with Gasteiger partial charge in [0.2, 0.25) is 0 Å². The molecule has 0 spiro atoms. The van der Waals surface area contributed by atoms with Crippen molar-refractivity contribution in [1.82, 2.24) is 0 Å². The molecule has 2 aromatic rings. The Balaban J connectivity index is 2.20. The van der Waals surface area contributed by atoms with Gasteiger partial charge in [-0.1, -0.05) is 40.9 Å². The monoisotopic (exact) mass is 317 g/mol. The average molecular weight is 319 g/mol. The fourth-order valence-electron chi connectivity index (χ4n) is 1.77. The molecular formula is C14H11Cl3FN. The predicted molar refractivity (Wildman–Crippen MR) is 79.9 cm³/mol. The van der Waals surface area contributed by atoms with E-state index >= 15 is 0 Å². The molecule has 19 heavy (non-hydrogen) atoms. The third kappa shape index (κ3) is 3.53. The van der Waals surface area contributed by atoms with E-state index in [9.17, 15) is 4.39 Å². The molecular weight excluding hydrogens is 308 g/mol. The first-order valence-electron chi connectivity index (χ1n) is 5.64. The summed E-state index contributed by atoms with van der Waals surface area (Å²) in [5, 5.41) is 4.41. The van der Waals surface area contributed by atoms with Gasteiger partial charge in [-0.2, -0.15) is 0 Å². The van der Waals surface area contributed by atoms with Crippen LogP contribution in [0.15, 0.2) is 36.4 Å². The highest BCUT2D eigenvalue weighted by molar-refractivity contribution is 6.35. The third-order valence-electron chi connectivity index (χ3n) is 2.73. The van der Waals surface area contributed by atoms with Crippen LogP contribution >= 0.6 is 34.8 Å². The van der Waals surface area contributed by atoms with Crippen LogP contribution in [0, 0.1) is 5.82 Å². The van der Waals surface area contributed by atoms with Gasteiger partial charge in [0, 0.05) is 21.8 Å². The van der Waals surface area contributed by atoms with E-state index in [1.807, 2.05) is 13.0 Å². The summed E-state index contributed by atoms with van der Waals surface area (Å²) in [4.78, 5) is 0. The third-order valence-corrected chi connectivity index (χ3v) is 3.60. The van der Waals surface area contributed by atoms with E-state index in [0.717, 1.165) is 5.56 Å². The minimum absolute atomic E-state index is 0.0784. The normalized spacial score (nSPS) is 12.3. The first kappa shape index (κ1) is 14.4. The maximum absolute atomic E-state index is 13.3. The quantitative estimate of drug-likeness (QED) is 0.736. The topological polar surface area (TPSA) is 12.0 Å². The minimum atomic E-state index is -0.457. The Kier molecular flexibility index (Phi) is 4.56. The average Bonchev–Trinajstić information content (AvgIpc) is 2.33. The van der Waals surface area contributed by atoms with Gasteiger partial charge in [0.15, 0.2) is 0 Å². The van der Waals surface area contributed by atoms with E-state index in [4.69, 9.17) is 34.8 Å². The van der Waals surface area contributed by atoms with Crippen LogP contribution in [0.1, 0.15) is 18.5 Å². The van der Waals surface area contributed by atoms with Gasteiger partial charge in [-0.15, -0.1) is 0 Å². The van der Waals surface area contributed by atoms with Crippen LogP contribution in [-0.2, 0) is 0 Å². The maximum atomic E-state index is 13.3. The summed E-state index contributed by atoms with van der Waals surface area (Å²) < 4.78 is 13.3. The molecule has 0 aliphatic rings. The van der Waals surface area contributed by atoms with Gasteiger partial charge in [-0.25, -0.2) is 4.39 Å². The molecule has 0 aliphatic heterocycles. The van der Waals surface area contributed by atoms with Gasteiger partial charge < -0.3 is 5.32 Å². The number of halogens is 4. The van der Waals surface area contributed by atoms with Crippen molar-refractivity contribution < 1.29 is 4.39 Å². The summed E-state index contributed by atoms with van der Waals surface area (Å²) in [6.07, 6.45) is 0. The Labute approximate surface area is 126 Å². The van der Waals surface area contributed by atoms with E-state index in [2.05, 4.69) is 5.32 Å². The van der Waals surface area contributed by atoms with E-state index in [0.29, 0.717) is 15.7 Å². The van der Waals surface area contributed by atoms with Gasteiger partial charge >= 0.3 is 0 Å². The lowest BCUT2D eigenvalue weighted by Crippen LogP contribution is -2.07. The van der Waals surface area contributed by atoms with Gasteiger partial charge in [0.1, 0.15) is 5.82 Å². The standard InChI is InChI=1S/C14H11Cl3FN/c1-8(11-4-2-9(15)6-13(11)17)19-10-3-5-12(16)14(18)7-10/h2-8,19H,1H3. The molecule has 0 aliphatic carbocycles. The Morgan fingerprint density at radius 2 is 1.74 bits per heavy atom. The van der Waals surface area contributed by atoms with Gasteiger partial charge in [-0.3, -0.25) is 0 Å². The smallest absolute Gasteiger partial charge is 0.143 e. The molecule has 0 saturated heterocycles. The zero-order valence-corrected chi connectivity index (χ0v) is 12.3. The molecule has 1 atom stereocenters. The summed E-state index contributed by atoms with van der Waals surface area (Å²) in [7, 11) is 0. The molecule has 1 unspecified atom stereocenters. The van der Waals surface area contributed by atoms with Crippen LogP contribution in [0.2, 0.25) is 15.1 Å². The molecule has 0 bridgehead atoms. The maximum Gasteiger partial charge on any atom is 0.143 e. The first-order valence-corrected chi connectivity index (χ1v) is 6.77. The highest BCUT2D eigenvalue weighted by atomic mass is 35.5. The molecule has 1 nitrogen and oxygen atoms in total. The number of hydrogen-bond donors (Lipinski definition) is 1. The van der Waals surface area contributed by atoms with Crippen molar-refractivity contribution in [1.29, 1.82) is 0 Å². The van der Waals surface area contributed by atoms with Gasteiger partial charge in [-0.05, 0) is 42.8 Å². The zero-order chi connectivity index (χ0) is 14.0. The van der Waals surface area contributed by atoms with Crippen LogP contribution in [0.4, 0.5) is 10.1 Å². The van der Waals surface area contributed by atoms with E-state index in [1.54, 1.807) is 18.2 Å². The van der Waals surface area contributed by atoms with Crippen LogP contribution in [0.3, 0.4) is 0 Å². The van der Waals surface area contributed by atoms with Crippen molar-refractivity contribution >= 4 is 40.5 Å². The molecule has 0 aromatic heterocycles. The van der Waals surface area contributed by atoms with Crippen molar-refractivity contribution in [2.24, 2.45) is 0 Å². The van der Waals surface area contributed by atoms with Crippen molar-refractivity contribution in [2.45, 2.75) is 13.0 Å². The molecule has 2 aromatic carbocycles. The number of benzene rings is 2. The van der Waals surface area contributed by atoms with Crippen LogP contribution in [0.5, 0.6) is 0 Å². The Hall–Kier alpha value is -0.960. The SMILES string of the molecule is CC(Nc1ccc(Cl)c(F)c1)c1ccc(Cl)cc1Cl. The molecule has 0 amide bonds. The molecule has 5 heteroatoms. The second kappa shape index (κ2) is 6.00. The molecule has 2 rings (SSSR count). The fraction of sp³-hybridized carbons (Fsp3) is 0.143. The molecule has 100 valence electrons. The Morgan fingerprint density at radius 3 is 2.37 bits per heavy atom. The summed E-state index contributed by atoms with van der Waals surface area (Å²) in [6.45, 7) is 1.93. The summed E-state index contributed by atoms with van der Waals surface area (Å²) in [5.74, 6) is -0.457. The van der Waals surface area contributed by atoms with Crippen LogP contribution in [0.25, 0.3) is 0 Å². The van der Waals surface area contributed by atoms with Crippen molar-refractivity contribution in [3.63, 3.8) is 0 Å². The second-order valence-electron chi connectivity index (χ2n) is 4.16.